The molecule has 0 bridgehead atoms. The summed E-state index contributed by atoms with van der Waals surface area (Å²) in [7, 11) is 3.19. The molecule has 1 aromatic carbocycles. The summed E-state index contributed by atoms with van der Waals surface area (Å²) in [5.74, 6) is -0.770. The maximum absolute atomic E-state index is 13.5. The highest BCUT2D eigenvalue weighted by Gasteiger charge is 2.37. The van der Waals surface area contributed by atoms with Crippen molar-refractivity contribution in [1.82, 2.24) is 20.5 Å². The van der Waals surface area contributed by atoms with Crippen LogP contribution in [0.5, 0.6) is 0 Å². The molecule has 0 aliphatic carbocycles. The Bertz CT molecular complexity index is 920. The number of hydrogen-bond acceptors (Lipinski definition) is 4. The molecule has 32 heavy (non-hydrogen) atoms. The molecular formula is C23H34ClFN4O3. The van der Waals surface area contributed by atoms with Gasteiger partial charge in [0, 0.05) is 30.6 Å². The van der Waals surface area contributed by atoms with Crippen molar-refractivity contribution < 1.29 is 18.7 Å². The first-order valence-corrected chi connectivity index (χ1v) is 11.5. The van der Waals surface area contributed by atoms with Crippen LogP contribution in [0, 0.1) is 5.82 Å². The number of methoxy groups -OCH3 is 1. The smallest absolute Gasteiger partial charge is 0.248 e. The van der Waals surface area contributed by atoms with Gasteiger partial charge < -0.3 is 25.3 Å². The van der Waals surface area contributed by atoms with Crippen LogP contribution in [0.3, 0.4) is 0 Å². The third kappa shape index (κ3) is 5.99. The van der Waals surface area contributed by atoms with E-state index in [0.29, 0.717) is 23.6 Å². The molecular weight excluding hydrogens is 435 g/mol. The number of H-pyrrole nitrogens is 1. The lowest BCUT2D eigenvalue weighted by atomic mass is 10.0. The van der Waals surface area contributed by atoms with Gasteiger partial charge in [0.05, 0.1) is 12.6 Å². The molecule has 1 aliphatic rings. The number of nitrogens with one attached hydrogen (secondary N) is 3. The Balaban J connectivity index is 0.00000176. The van der Waals surface area contributed by atoms with Crippen LogP contribution in [0.2, 0.25) is 5.15 Å². The zero-order valence-electron chi connectivity index (χ0n) is 19.4. The highest BCUT2D eigenvalue weighted by molar-refractivity contribution is 6.31. The molecule has 7 nitrogen and oxygen atoms in total. The van der Waals surface area contributed by atoms with Crippen LogP contribution in [0.25, 0.3) is 10.9 Å². The number of amides is 2. The number of hydrogen-bond donors (Lipinski definition) is 3. The van der Waals surface area contributed by atoms with E-state index in [1.54, 1.807) is 24.9 Å². The van der Waals surface area contributed by atoms with Crippen molar-refractivity contribution in [2.75, 3.05) is 27.2 Å². The average Bonchev–Trinajstić information content (AvgIpc) is 3.36. The third-order valence-electron chi connectivity index (χ3n) is 5.68. The van der Waals surface area contributed by atoms with E-state index in [0.717, 1.165) is 23.8 Å². The number of likely N-dealkylation sites (tertiary alicyclic amines) is 1. The first-order valence-electron chi connectivity index (χ1n) is 11.1. The van der Waals surface area contributed by atoms with Crippen LogP contribution in [0.15, 0.2) is 18.2 Å². The van der Waals surface area contributed by atoms with Crippen LogP contribution in [0.4, 0.5) is 4.39 Å². The van der Waals surface area contributed by atoms with Gasteiger partial charge in [-0.25, -0.2) is 4.39 Å². The highest BCUT2D eigenvalue weighted by atomic mass is 35.5. The van der Waals surface area contributed by atoms with Gasteiger partial charge in [-0.05, 0) is 57.0 Å². The maximum Gasteiger partial charge on any atom is 0.248 e. The summed E-state index contributed by atoms with van der Waals surface area (Å²) in [5.41, 5.74) is 1.50. The van der Waals surface area contributed by atoms with Crippen LogP contribution >= 0.6 is 11.6 Å². The number of ether oxygens (including phenoxy) is 1. The number of halogens is 2. The lowest BCUT2D eigenvalue weighted by molar-refractivity contribution is -0.140. The Morgan fingerprint density at radius 2 is 2.09 bits per heavy atom. The molecule has 1 fully saturated rings. The number of aromatic amines is 1. The van der Waals surface area contributed by atoms with E-state index in [1.807, 2.05) is 13.8 Å². The number of fused-ring (bicyclic) bond motifs is 1. The van der Waals surface area contributed by atoms with Crippen molar-refractivity contribution >= 4 is 34.3 Å². The van der Waals surface area contributed by atoms with Gasteiger partial charge in [-0.1, -0.05) is 25.4 Å². The lowest BCUT2D eigenvalue weighted by Gasteiger charge is -2.31. The Morgan fingerprint density at radius 3 is 2.75 bits per heavy atom. The molecule has 2 aromatic rings. The Kier molecular flexibility index (Phi) is 9.93. The molecule has 1 saturated heterocycles. The molecule has 3 atom stereocenters. The summed E-state index contributed by atoms with van der Waals surface area (Å²) < 4.78 is 18.9. The monoisotopic (exact) mass is 468 g/mol. The molecule has 2 amide bonds. The zero-order valence-corrected chi connectivity index (χ0v) is 20.2. The van der Waals surface area contributed by atoms with Gasteiger partial charge in [-0.3, -0.25) is 9.59 Å². The summed E-state index contributed by atoms with van der Waals surface area (Å²) in [6.07, 6.45) is 1.77. The second-order valence-electron chi connectivity index (χ2n) is 7.66. The van der Waals surface area contributed by atoms with Crippen molar-refractivity contribution in [3.63, 3.8) is 0 Å². The van der Waals surface area contributed by atoms with E-state index in [2.05, 4.69) is 15.6 Å². The van der Waals surface area contributed by atoms with E-state index >= 15 is 0 Å². The molecule has 9 heteroatoms. The SMILES string of the molecule is CC.CNCC(=O)NC(C(=O)N1CCCC1Cc1c(Cl)[nH]c2cc(F)ccc12)C(C)OC. The van der Waals surface area contributed by atoms with Gasteiger partial charge in [-0.15, -0.1) is 0 Å². The summed E-state index contributed by atoms with van der Waals surface area (Å²) in [4.78, 5) is 30.3. The maximum atomic E-state index is 13.5. The van der Waals surface area contributed by atoms with Gasteiger partial charge in [0.1, 0.15) is 17.0 Å². The summed E-state index contributed by atoms with van der Waals surface area (Å²) in [6, 6.07) is 3.68. The molecule has 3 rings (SSSR count). The largest absolute Gasteiger partial charge is 0.379 e. The van der Waals surface area contributed by atoms with Crippen LogP contribution in [-0.4, -0.2) is 67.1 Å². The molecule has 0 spiro atoms. The van der Waals surface area contributed by atoms with E-state index < -0.39 is 12.1 Å². The van der Waals surface area contributed by atoms with Gasteiger partial charge in [-0.2, -0.15) is 0 Å². The third-order valence-corrected chi connectivity index (χ3v) is 6.00. The Labute approximate surface area is 194 Å². The number of carbonyl (C=O) groups is 2. The normalized spacial score (nSPS) is 17.6. The average molecular weight is 469 g/mol. The van der Waals surface area contributed by atoms with Crippen molar-refractivity contribution in [2.24, 2.45) is 0 Å². The van der Waals surface area contributed by atoms with Gasteiger partial charge >= 0.3 is 0 Å². The highest BCUT2D eigenvalue weighted by Crippen LogP contribution is 2.31. The van der Waals surface area contributed by atoms with Crippen LogP contribution in [-0.2, 0) is 20.7 Å². The number of carbonyl (C=O) groups excluding carboxylic acids is 2. The summed E-state index contributed by atoms with van der Waals surface area (Å²) in [5, 5.41) is 6.87. The van der Waals surface area contributed by atoms with E-state index in [-0.39, 0.29) is 30.2 Å². The lowest BCUT2D eigenvalue weighted by Crippen LogP contribution is -2.56. The number of likely N-dealkylation sites (N-methyl/N-ethyl adjacent to an activating group) is 1. The zero-order chi connectivity index (χ0) is 23.8. The quantitative estimate of drug-likeness (QED) is 0.555. The standard InChI is InChI=1S/C21H28ClFN4O3.C2H6/c1-12(30-3)19(26-18(28)11-24-2)21(29)27-8-4-5-14(27)10-16-15-7-6-13(23)9-17(15)25-20(16)22;1-2/h6-7,9,12,14,19,24-25H,4-5,8,10-11H2,1-3H3,(H,26,28);1-2H3. The minimum atomic E-state index is -0.774. The summed E-state index contributed by atoms with van der Waals surface area (Å²) in [6.45, 7) is 6.48. The minimum Gasteiger partial charge on any atom is -0.379 e. The number of benzene rings is 1. The van der Waals surface area contributed by atoms with Crippen molar-refractivity contribution in [3.05, 3.63) is 34.7 Å². The molecule has 1 aromatic heterocycles. The van der Waals surface area contributed by atoms with Crippen LogP contribution in [0.1, 0.15) is 39.2 Å². The minimum absolute atomic E-state index is 0.0631. The predicted molar refractivity (Wildman–Crippen MR) is 125 cm³/mol. The number of aromatic nitrogens is 1. The topological polar surface area (TPSA) is 86.5 Å². The first-order chi connectivity index (χ1) is 15.3. The van der Waals surface area contributed by atoms with Gasteiger partial charge in [0.15, 0.2) is 0 Å². The van der Waals surface area contributed by atoms with Crippen molar-refractivity contribution in [3.8, 4) is 0 Å². The number of rotatable bonds is 8. The second-order valence-corrected chi connectivity index (χ2v) is 8.03. The fraction of sp³-hybridized carbons (Fsp3) is 0.565. The fourth-order valence-electron chi connectivity index (χ4n) is 4.05. The van der Waals surface area contributed by atoms with Crippen molar-refractivity contribution in [2.45, 2.75) is 58.2 Å². The van der Waals surface area contributed by atoms with E-state index in [4.69, 9.17) is 16.3 Å². The van der Waals surface area contributed by atoms with E-state index in [9.17, 15) is 14.0 Å². The molecule has 3 N–H and O–H groups in total. The van der Waals surface area contributed by atoms with Crippen molar-refractivity contribution in [1.29, 1.82) is 0 Å². The molecule has 1 aliphatic heterocycles. The summed E-state index contributed by atoms with van der Waals surface area (Å²) >= 11 is 6.40. The molecule has 2 heterocycles. The van der Waals surface area contributed by atoms with Crippen LogP contribution < -0.4 is 10.6 Å². The Hall–Kier alpha value is -2.16. The molecule has 3 unspecified atom stereocenters. The fourth-order valence-corrected chi connectivity index (χ4v) is 4.33. The van der Waals surface area contributed by atoms with Gasteiger partial charge in [0.25, 0.3) is 0 Å². The predicted octanol–water partition coefficient (Wildman–Crippen LogP) is 3.26. The molecule has 178 valence electrons. The number of nitrogens with zero attached hydrogens (tertiary/aromatic N) is 1. The molecule has 0 saturated carbocycles. The Morgan fingerprint density at radius 1 is 1.38 bits per heavy atom. The first kappa shape index (κ1) is 26.1. The van der Waals surface area contributed by atoms with E-state index in [1.165, 1.54) is 19.2 Å². The molecule has 0 radical (unpaired) electrons. The van der Waals surface area contributed by atoms with Gasteiger partial charge in [0.2, 0.25) is 11.8 Å². The second kappa shape index (κ2) is 12.2.